The van der Waals surface area contributed by atoms with Crippen molar-refractivity contribution < 1.29 is 37.3 Å². The molecule has 0 bridgehead atoms. The number of quaternary nitrogens is 1. The van der Waals surface area contributed by atoms with Crippen molar-refractivity contribution in [3.05, 3.63) is 134 Å². The molecule has 0 heterocycles. The van der Waals surface area contributed by atoms with Gasteiger partial charge in [-0.25, -0.2) is 4.57 Å². The lowest BCUT2D eigenvalue weighted by molar-refractivity contribution is -0.870. The van der Waals surface area contributed by atoms with E-state index in [4.69, 9.17) is 13.8 Å². The van der Waals surface area contributed by atoms with Crippen LogP contribution < -0.4 is 5.32 Å². The van der Waals surface area contributed by atoms with E-state index in [0.29, 0.717) is 23.9 Å². The first-order valence-corrected chi connectivity index (χ1v) is 33.0. The Morgan fingerprint density at radius 1 is 0.456 bits per heavy atom. The van der Waals surface area contributed by atoms with Crippen molar-refractivity contribution >= 4 is 19.7 Å². The number of hydrogen-bond donors (Lipinski definition) is 2. The molecule has 0 rings (SSSR count). The summed E-state index contributed by atoms with van der Waals surface area (Å²) in [5.41, 5.74) is 0. The van der Waals surface area contributed by atoms with E-state index in [2.05, 4.69) is 135 Å². The van der Waals surface area contributed by atoms with Gasteiger partial charge in [0, 0.05) is 12.8 Å². The number of phosphoric acid groups is 1. The minimum absolute atomic E-state index is 0.0176. The fourth-order valence-corrected chi connectivity index (χ4v) is 8.98. The normalized spacial score (nSPS) is 14.6. The Balaban J connectivity index is 5.44. The van der Waals surface area contributed by atoms with E-state index in [1.807, 2.05) is 45.4 Å². The van der Waals surface area contributed by atoms with Crippen LogP contribution >= 0.6 is 7.82 Å². The molecule has 0 aliphatic carbocycles. The van der Waals surface area contributed by atoms with E-state index in [0.717, 1.165) is 109 Å². The number of nitrogens with one attached hydrogen (secondary N) is 1. The molecule has 0 aromatic carbocycles. The number of carbonyl (C=O) groups is 2. The van der Waals surface area contributed by atoms with Gasteiger partial charge in [0.05, 0.1) is 33.8 Å². The van der Waals surface area contributed by atoms with Crippen molar-refractivity contribution in [2.45, 2.75) is 251 Å². The lowest BCUT2D eigenvalue weighted by atomic mass is 10.0. The molecule has 0 aliphatic heterocycles. The SMILES string of the molecule is CC/C=C\C/C=C\C/C=C\C/C=C\C/C=C\C/C=C\CCC(=O)OC(/C=C/CCCCCCCCCCCCC)C(COP(=O)(O)OCC[N+](C)(C)C)NC(=O)CCCCCCC/C=C\C/C=C\C/C=C\C/C=C\CCCCC. The average molecular weight is 1120 g/mol. The molecular formula is C69H118N2O7P+. The molecule has 10 heteroatoms. The molecule has 450 valence electrons. The summed E-state index contributed by atoms with van der Waals surface area (Å²) in [5.74, 6) is -0.633. The first kappa shape index (κ1) is 75.2. The van der Waals surface area contributed by atoms with Gasteiger partial charge in [-0.2, -0.15) is 0 Å². The van der Waals surface area contributed by atoms with Crippen LogP contribution in [0.4, 0.5) is 0 Å². The van der Waals surface area contributed by atoms with E-state index in [9.17, 15) is 19.0 Å². The molecule has 9 nitrogen and oxygen atoms in total. The van der Waals surface area contributed by atoms with Crippen LogP contribution in [0, 0.1) is 0 Å². The van der Waals surface area contributed by atoms with Crippen molar-refractivity contribution in [2.75, 3.05) is 40.9 Å². The fraction of sp³-hybridized carbons (Fsp3) is 0.652. The van der Waals surface area contributed by atoms with Crippen molar-refractivity contribution in [3.8, 4) is 0 Å². The van der Waals surface area contributed by atoms with Crippen LogP contribution in [0.2, 0.25) is 0 Å². The van der Waals surface area contributed by atoms with Gasteiger partial charge in [-0.1, -0.05) is 245 Å². The number of esters is 1. The first-order valence-electron chi connectivity index (χ1n) is 31.5. The summed E-state index contributed by atoms with van der Waals surface area (Å²) in [4.78, 5) is 37.7. The van der Waals surface area contributed by atoms with Gasteiger partial charge >= 0.3 is 13.8 Å². The maximum Gasteiger partial charge on any atom is 0.472 e. The second-order valence-corrected chi connectivity index (χ2v) is 23.3. The van der Waals surface area contributed by atoms with Gasteiger partial charge in [0.25, 0.3) is 0 Å². The van der Waals surface area contributed by atoms with Crippen LogP contribution in [0.1, 0.15) is 239 Å². The lowest BCUT2D eigenvalue weighted by Crippen LogP contribution is -2.47. The third kappa shape index (κ3) is 58.6. The molecule has 0 saturated heterocycles. The van der Waals surface area contributed by atoms with Crippen LogP contribution in [0.25, 0.3) is 0 Å². The molecule has 79 heavy (non-hydrogen) atoms. The third-order valence-corrected chi connectivity index (χ3v) is 14.1. The summed E-state index contributed by atoms with van der Waals surface area (Å²) in [5, 5.41) is 3.03. The monoisotopic (exact) mass is 1120 g/mol. The highest BCUT2D eigenvalue weighted by Gasteiger charge is 2.30. The van der Waals surface area contributed by atoms with Gasteiger partial charge in [-0.3, -0.25) is 18.6 Å². The number of amides is 1. The second-order valence-electron chi connectivity index (χ2n) is 21.8. The highest BCUT2D eigenvalue weighted by molar-refractivity contribution is 7.47. The summed E-state index contributed by atoms with van der Waals surface area (Å²) in [7, 11) is 1.42. The summed E-state index contributed by atoms with van der Waals surface area (Å²) >= 11 is 0. The van der Waals surface area contributed by atoms with E-state index < -0.39 is 25.9 Å². The minimum atomic E-state index is -4.48. The van der Waals surface area contributed by atoms with Crippen LogP contribution in [0.3, 0.4) is 0 Å². The smallest absolute Gasteiger partial charge is 0.456 e. The number of hydrogen-bond acceptors (Lipinski definition) is 6. The lowest BCUT2D eigenvalue weighted by Gasteiger charge is -2.27. The number of carbonyl (C=O) groups excluding carboxylic acids is 2. The van der Waals surface area contributed by atoms with Crippen LogP contribution in [-0.4, -0.2) is 74.3 Å². The number of allylic oxidation sites excluding steroid dienone is 21. The largest absolute Gasteiger partial charge is 0.472 e. The number of phosphoric ester groups is 1. The highest BCUT2D eigenvalue weighted by atomic mass is 31.2. The Kier molecular flexibility index (Phi) is 54.6. The molecule has 0 saturated carbocycles. The Morgan fingerprint density at radius 2 is 0.823 bits per heavy atom. The predicted octanol–water partition coefficient (Wildman–Crippen LogP) is 19.7. The Labute approximate surface area is 485 Å². The first-order chi connectivity index (χ1) is 38.4. The minimum Gasteiger partial charge on any atom is -0.456 e. The standard InChI is InChI=1S/C69H117N2O7P/c1-7-10-13-16-19-22-25-28-30-32-34-35-37-38-40-43-46-49-52-55-58-61-68(72)70-66(65-77-79(74,75)76-64-63-71(4,5)6)67(60-57-54-51-48-45-42-27-24-21-18-15-12-9-3)78-69(73)62-59-56-53-50-47-44-41-39-36-33-31-29-26-23-20-17-14-11-8-2/h11,14,19-20,22-23,28-31,34-36,38-40,44,47,53,56-57,60,66-67H,7-10,12-13,15-18,21,24-27,32-33,37,41-43,45-46,48-52,54-55,58-59,61-65H2,1-6H3,(H-,70,72,74,75)/p+1/b14-11-,22-19-,23-20-,30-28-,31-29-,35-34-,39-36-,40-38-,47-44-,56-53-,60-57+. The van der Waals surface area contributed by atoms with E-state index >= 15 is 0 Å². The summed E-state index contributed by atoms with van der Waals surface area (Å²) in [6.07, 6.45) is 81.8. The van der Waals surface area contributed by atoms with Gasteiger partial charge in [-0.05, 0) is 115 Å². The number of nitrogens with zero attached hydrogens (tertiary/aromatic N) is 1. The summed E-state index contributed by atoms with van der Waals surface area (Å²) in [6.45, 7) is 6.79. The maximum absolute atomic E-state index is 13.6. The topological polar surface area (TPSA) is 111 Å². The molecular weight excluding hydrogens is 1000 g/mol. The van der Waals surface area contributed by atoms with Crippen LogP contribution in [0.15, 0.2) is 134 Å². The van der Waals surface area contributed by atoms with Gasteiger partial charge < -0.3 is 19.4 Å². The van der Waals surface area contributed by atoms with Crippen molar-refractivity contribution in [1.29, 1.82) is 0 Å². The van der Waals surface area contributed by atoms with E-state index in [1.165, 1.54) is 83.5 Å². The third-order valence-electron chi connectivity index (χ3n) is 13.1. The number of rotatable bonds is 55. The fourth-order valence-electron chi connectivity index (χ4n) is 8.24. The predicted molar refractivity (Wildman–Crippen MR) is 341 cm³/mol. The van der Waals surface area contributed by atoms with Crippen molar-refractivity contribution in [2.24, 2.45) is 0 Å². The van der Waals surface area contributed by atoms with Crippen molar-refractivity contribution in [1.82, 2.24) is 5.32 Å². The van der Waals surface area contributed by atoms with Crippen LogP contribution in [0.5, 0.6) is 0 Å². The maximum atomic E-state index is 13.6. The average Bonchev–Trinajstić information content (AvgIpc) is 3.41. The highest BCUT2D eigenvalue weighted by Crippen LogP contribution is 2.43. The quantitative estimate of drug-likeness (QED) is 0.0205. The molecule has 0 spiro atoms. The molecule has 3 atom stereocenters. The van der Waals surface area contributed by atoms with Gasteiger partial charge in [0.1, 0.15) is 19.3 Å². The zero-order valence-electron chi connectivity index (χ0n) is 51.3. The number of ether oxygens (including phenoxy) is 1. The molecule has 2 N–H and O–H groups in total. The number of likely N-dealkylation sites (N-methyl/N-ethyl adjacent to an activating group) is 1. The Bertz CT molecular complexity index is 1810. The Morgan fingerprint density at radius 3 is 1.27 bits per heavy atom. The zero-order valence-corrected chi connectivity index (χ0v) is 52.2. The molecule has 0 aromatic rings. The molecule has 0 aromatic heterocycles. The number of unbranched alkanes of at least 4 members (excludes halogenated alkanes) is 19. The van der Waals surface area contributed by atoms with Gasteiger partial charge in [-0.15, -0.1) is 0 Å². The summed E-state index contributed by atoms with van der Waals surface area (Å²) in [6, 6.07) is -0.899. The second kappa shape index (κ2) is 57.4. The Hall–Kier alpha value is -3.85. The summed E-state index contributed by atoms with van der Waals surface area (Å²) < 4.78 is 30.6. The molecule has 1 amide bonds. The van der Waals surface area contributed by atoms with Gasteiger partial charge in [0.15, 0.2) is 0 Å². The molecule has 0 radical (unpaired) electrons. The van der Waals surface area contributed by atoms with Crippen molar-refractivity contribution in [3.63, 3.8) is 0 Å². The van der Waals surface area contributed by atoms with E-state index in [1.54, 1.807) is 0 Å². The molecule has 3 unspecified atom stereocenters. The van der Waals surface area contributed by atoms with E-state index in [-0.39, 0.29) is 32.0 Å². The zero-order chi connectivity index (χ0) is 57.9. The molecule has 0 aliphatic rings. The van der Waals surface area contributed by atoms with Gasteiger partial charge in [0.2, 0.25) is 5.91 Å². The molecule has 0 fully saturated rings. The van der Waals surface area contributed by atoms with Crippen LogP contribution in [-0.2, 0) is 27.9 Å².